The van der Waals surface area contributed by atoms with Crippen molar-refractivity contribution >= 4 is 11.9 Å². The number of nitrogens with one attached hydrogen (secondary N) is 1. The largest absolute Gasteiger partial charge is 0.449 e. The lowest BCUT2D eigenvalue weighted by Gasteiger charge is -2.57. The van der Waals surface area contributed by atoms with Crippen LogP contribution in [0.25, 0.3) is 0 Å². The second-order valence-electron chi connectivity index (χ2n) is 8.64. The van der Waals surface area contributed by atoms with Crippen LogP contribution in [0.5, 0.6) is 5.75 Å². The van der Waals surface area contributed by atoms with Gasteiger partial charge in [-0.15, -0.1) is 0 Å². The molecule has 1 atom stereocenters. The van der Waals surface area contributed by atoms with Gasteiger partial charge >= 0.3 is 12.6 Å². The van der Waals surface area contributed by atoms with Gasteiger partial charge in [0.2, 0.25) is 0 Å². The number of rotatable bonds is 6. The van der Waals surface area contributed by atoms with Gasteiger partial charge in [0.1, 0.15) is 5.75 Å². The van der Waals surface area contributed by atoms with Gasteiger partial charge in [0, 0.05) is 5.54 Å². The lowest BCUT2D eigenvalue weighted by Crippen LogP contribution is -2.61. The molecule has 0 aromatic heterocycles. The van der Waals surface area contributed by atoms with Gasteiger partial charge in [-0.3, -0.25) is 4.79 Å². The molecule has 5 nitrogen and oxygen atoms in total. The van der Waals surface area contributed by atoms with Gasteiger partial charge in [-0.05, 0) is 87.5 Å². The summed E-state index contributed by atoms with van der Waals surface area (Å²) < 4.78 is 33.9. The van der Waals surface area contributed by atoms with E-state index in [0.717, 1.165) is 19.3 Å². The molecular weight excluding hydrogens is 368 g/mol. The molecule has 4 aliphatic carbocycles. The van der Waals surface area contributed by atoms with E-state index in [1.165, 1.54) is 43.5 Å². The zero-order chi connectivity index (χ0) is 19.9. The first-order chi connectivity index (χ1) is 13.3. The quantitative estimate of drug-likeness (QED) is 0.744. The molecule has 4 saturated carbocycles. The maximum absolute atomic E-state index is 12.7. The Kier molecular flexibility index (Phi) is 5.02. The van der Waals surface area contributed by atoms with Crippen molar-refractivity contribution in [3.05, 3.63) is 29.8 Å². The van der Waals surface area contributed by atoms with Crippen molar-refractivity contribution in [2.24, 2.45) is 17.8 Å². The van der Waals surface area contributed by atoms with Crippen molar-refractivity contribution in [1.29, 1.82) is 0 Å². The number of hydrogen-bond acceptors (Lipinski definition) is 4. The van der Waals surface area contributed by atoms with Crippen LogP contribution in [0.15, 0.2) is 24.3 Å². The molecule has 1 aromatic carbocycles. The summed E-state index contributed by atoms with van der Waals surface area (Å²) in [6, 6.07) is 5.21. The van der Waals surface area contributed by atoms with Gasteiger partial charge in [0.25, 0.3) is 5.91 Å². The minimum absolute atomic E-state index is 0.0424. The number of ether oxygens (including phenoxy) is 2. The predicted octanol–water partition coefficient (Wildman–Crippen LogP) is 3.92. The number of carbonyl (C=O) groups is 2. The summed E-state index contributed by atoms with van der Waals surface area (Å²) in [5.74, 6) is 1.14. The third-order valence-corrected chi connectivity index (χ3v) is 6.39. The van der Waals surface area contributed by atoms with E-state index in [2.05, 4.69) is 10.1 Å². The van der Waals surface area contributed by atoms with E-state index in [1.807, 2.05) is 0 Å². The normalized spacial score (nSPS) is 31.5. The molecular formula is C21H25F2NO4. The molecule has 1 amide bonds. The summed E-state index contributed by atoms with van der Waals surface area (Å²) in [4.78, 5) is 24.9. The topological polar surface area (TPSA) is 64.6 Å². The van der Waals surface area contributed by atoms with Crippen LogP contribution in [0.4, 0.5) is 8.78 Å². The highest BCUT2D eigenvalue weighted by Gasteiger charge is 2.51. The molecule has 0 radical (unpaired) electrons. The van der Waals surface area contributed by atoms with Crippen LogP contribution in [0, 0.1) is 17.8 Å². The fourth-order valence-electron chi connectivity index (χ4n) is 5.68. The van der Waals surface area contributed by atoms with E-state index < -0.39 is 18.7 Å². The molecule has 7 heteroatoms. The Morgan fingerprint density at radius 3 is 2.07 bits per heavy atom. The molecule has 1 N–H and O–H groups in total. The first-order valence-electron chi connectivity index (χ1n) is 9.90. The lowest BCUT2D eigenvalue weighted by atomic mass is 9.53. The zero-order valence-electron chi connectivity index (χ0n) is 15.8. The van der Waals surface area contributed by atoms with Crippen LogP contribution in [0.3, 0.4) is 0 Å². The van der Waals surface area contributed by atoms with E-state index in [1.54, 1.807) is 6.92 Å². The molecule has 1 aromatic rings. The van der Waals surface area contributed by atoms with Crippen molar-refractivity contribution < 1.29 is 27.8 Å². The van der Waals surface area contributed by atoms with E-state index in [-0.39, 0.29) is 22.8 Å². The highest BCUT2D eigenvalue weighted by atomic mass is 19.3. The molecule has 0 unspecified atom stereocenters. The van der Waals surface area contributed by atoms with Crippen molar-refractivity contribution in [2.75, 3.05) is 0 Å². The first-order valence-corrected chi connectivity index (χ1v) is 9.90. The van der Waals surface area contributed by atoms with Crippen LogP contribution in [0.2, 0.25) is 0 Å². The van der Waals surface area contributed by atoms with E-state index in [4.69, 9.17) is 4.74 Å². The smallest absolute Gasteiger partial charge is 0.387 e. The maximum Gasteiger partial charge on any atom is 0.387 e. The number of halogens is 2. The Morgan fingerprint density at radius 1 is 1.04 bits per heavy atom. The molecule has 4 bridgehead atoms. The molecule has 0 aliphatic heterocycles. The molecule has 0 spiro atoms. The number of amides is 1. The standard InChI is InChI=1S/C21H25F2NO4/c1-12(27-19(26)16-2-4-17(5-3-16)28-20(22)23)18(25)24-21-9-13-6-14(10-21)8-15(7-13)11-21/h2-5,12-15,20H,6-11H2,1H3,(H,24,25)/t12-,13?,14?,15?,21?/m0/s1. The summed E-state index contributed by atoms with van der Waals surface area (Å²) in [5, 5.41) is 3.19. The van der Waals surface area contributed by atoms with E-state index in [0.29, 0.717) is 17.8 Å². The fourth-order valence-corrected chi connectivity index (χ4v) is 5.68. The average molecular weight is 393 g/mol. The van der Waals surface area contributed by atoms with Crippen LogP contribution in [-0.2, 0) is 9.53 Å². The molecule has 0 saturated heterocycles. The Bertz CT molecular complexity index is 714. The van der Waals surface area contributed by atoms with Gasteiger partial charge in [0.05, 0.1) is 5.56 Å². The predicted molar refractivity (Wildman–Crippen MR) is 97.0 cm³/mol. The summed E-state index contributed by atoms with van der Waals surface area (Å²) in [7, 11) is 0. The molecule has 28 heavy (non-hydrogen) atoms. The molecule has 0 heterocycles. The number of benzene rings is 1. The Hall–Kier alpha value is -2.18. The van der Waals surface area contributed by atoms with Crippen molar-refractivity contribution in [3.8, 4) is 5.75 Å². The summed E-state index contributed by atoms with van der Waals surface area (Å²) in [6.07, 6.45) is 6.00. The highest BCUT2D eigenvalue weighted by Crippen LogP contribution is 2.55. The van der Waals surface area contributed by atoms with Crippen LogP contribution in [0.1, 0.15) is 55.8 Å². The maximum atomic E-state index is 12.7. The summed E-state index contributed by atoms with van der Waals surface area (Å²) in [6.45, 7) is -1.37. The third kappa shape index (κ3) is 3.98. The van der Waals surface area contributed by atoms with E-state index >= 15 is 0 Å². The SMILES string of the molecule is C[C@H](OC(=O)c1ccc(OC(F)F)cc1)C(=O)NC12CC3CC(CC(C3)C1)C2. The van der Waals surface area contributed by atoms with Gasteiger partial charge in [0.15, 0.2) is 6.10 Å². The second-order valence-corrected chi connectivity index (χ2v) is 8.64. The van der Waals surface area contributed by atoms with Gasteiger partial charge < -0.3 is 14.8 Å². The molecule has 152 valence electrons. The zero-order valence-corrected chi connectivity index (χ0v) is 15.8. The van der Waals surface area contributed by atoms with Crippen LogP contribution < -0.4 is 10.1 Å². The van der Waals surface area contributed by atoms with E-state index in [9.17, 15) is 18.4 Å². The second kappa shape index (κ2) is 7.33. The van der Waals surface area contributed by atoms with Gasteiger partial charge in [-0.2, -0.15) is 8.78 Å². The molecule has 5 rings (SSSR count). The molecule has 4 aliphatic rings. The van der Waals surface area contributed by atoms with Crippen molar-refractivity contribution in [1.82, 2.24) is 5.32 Å². The number of esters is 1. The van der Waals surface area contributed by atoms with Gasteiger partial charge in [-0.1, -0.05) is 0 Å². The minimum Gasteiger partial charge on any atom is -0.449 e. The molecule has 4 fully saturated rings. The summed E-state index contributed by atoms with van der Waals surface area (Å²) >= 11 is 0. The van der Waals surface area contributed by atoms with Crippen molar-refractivity contribution in [3.63, 3.8) is 0 Å². The number of carbonyl (C=O) groups excluding carboxylic acids is 2. The van der Waals surface area contributed by atoms with Crippen molar-refractivity contribution in [2.45, 2.75) is 63.7 Å². The van der Waals surface area contributed by atoms with Crippen LogP contribution >= 0.6 is 0 Å². The Labute approximate surface area is 162 Å². The minimum atomic E-state index is -2.92. The fraction of sp³-hybridized carbons (Fsp3) is 0.619. The monoisotopic (exact) mass is 393 g/mol. The lowest BCUT2D eigenvalue weighted by molar-refractivity contribution is -0.134. The Balaban J connectivity index is 1.33. The Morgan fingerprint density at radius 2 is 1.57 bits per heavy atom. The number of hydrogen-bond donors (Lipinski definition) is 1. The van der Waals surface area contributed by atoms with Gasteiger partial charge in [-0.25, -0.2) is 4.79 Å². The highest BCUT2D eigenvalue weighted by molar-refractivity contribution is 5.92. The van der Waals surface area contributed by atoms with Crippen LogP contribution in [-0.4, -0.2) is 30.1 Å². The number of alkyl halides is 2. The average Bonchev–Trinajstić information content (AvgIpc) is 2.60. The first kappa shape index (κ1) is 19.2. The third-order valence-electron chi connectivity index (χ3n) is 6.39. The summed E-state index contributed by atoms with van der Waals surface area (Å²) in [5.41, 5.74) is 0.0388.